The summed E-state index contributed by atoms with van der Waals surface area (Å²) in [6.07, 6.45) is 3.98. The Morgan fingerprint density at radius 3 is 2.50 bits per heavy atom. The number of aromatic nitrogens is 1. The molecule has 2 aliphatic rings. The number of hydrogen-bond acceptors (Lipinski definition) is 8. The number of anilines is 1. The van der Waals surface area contributed by atoms with Crippen LogP contribution in [0.25, 0.3) is 5.70 Å². The highest BCUT2D eigenvalue weighted by Gasteiger charge is 2.31. The van der Waals surface area contributed by atoms with Crippen LogP contribution in [0, 0.1) is 5.92 Å². The third kappa shape index (κ3) is 8.85. The van der Waals surface area contributed by atoms with E-state index in [2.05, 4.69) is 4.90 Å². The second kappa shape index (κ2) is 12.8. The van der Waals surface area contributed by atoms with Crippen LogP contribution >= 0.6 is 0 Å². The highest BCUT2D eigenvalue weighted by molar-refractivity contribution is 5.69. The number of halogens is 1. The van der Waals surface area contributed by atoms with E-state index in [4.69, 9.17) is 31.2 Å². The highest BCUT2D eigenvalue weighted by atomic mass is 19.1. The number of hydrazine groups is 1. The predicted molar refractivity (Wildman–Crippen MR) is 138 cm³/mol. The lowest BCUT2D eigenvalue weighted by atomic mass is 9.96. The molecule has 1 saturated carbocycles. The molecular weight excluding hydrogens is 467 g/mol. The van der Waals surface area contributed by atoms with Crippen LogP contribution in [-0.2, 0) is 16.0 Å². The molecule has 1 saturated heterocycles. The summed E-state index contributed by atoms with van der Waals surface area (Å²) in [6.45, 7) is 6.56. The number of nitrogens with two attached hydrogens (primary N) is 2. The SMILES string of the molecule is CC(=O)O.CCc1nc(/C(N)=C(\COC(=O)N(C)CC2CC2)N(C)N)ccc1N1CCCC(C)(F)C1. The first-order valence-corrected chi connectivity index (χ1v) is 12.3. The van der Waals surface area contributed by atoms with E-state index in [0.717, 1.165) is 44.1 Å². The summed E-state index contributed by atoms with van der Waals surface area (Å²) in [7, 11) is 3.38. The first-order chi connectivity index (χ1) is 16.8. The van der Waals surface area contributed by atoms with Gasteiger partial charge in [-0.25, -0.2) is 20.0 Å². The van der Waals surface area contributed by atoms with Gasteiger partial charge < -0.3 is 30.4 Å². The molecule has 202 valence electrons. The van der Waals surface area contributed by atoms with Gasteiger partial charge in [0.05, 0.1) is 35.0 Å². The molecule has 1 aliphatic carbocycles. The summed E-state index contributed by atoms with van der Waals surface area (Å²) in [4.78, 5) is 29.7. The zero-order valence-corrected chi connectivity index (χ0v) is 22.1. The van der Waals surface area contributed by atoms with Gasteiger partial charge in [-0.05, 0) is 57.1 Å². The van der Waals surface area contributed by atoms with Crippen molar-refractivity contribution >= 4 is 23.4 Å². The van der Waals surface area contributed by atoms with Crippen LogP contribution in [0.15, 0.2) is 17.8 Å². The minimum absolute atomic E-state index is 0.0517. The molecule has 1 atom stereocenters. The van der Waals surface area contributed by atoms with Gasteiger partial charge >= 0.3 is 6.09 Å². The van der Waals surface area contributed by atoms with Gasteiger partial charge in [0.25, 0.3) is 5.97 Å². The Labute approximate surface area is 213 Å². The predicted octanol–water partition coefficient (Wildman–Crippen LogP) is 2.97. The third-order valence-electron chi connectivity index (χ3n) is 6.16. The molecule has 1 aliphatic heterocycles. The number of carbonyl (C=O) groups is 2. The summed E-state index contributed by atoms with van der Waals surface area (Å²) in [5.74, 6) is 5.73. The van der Waals surface area contributed by atoms with E-state index < -0.39 is 17.7 Å². The smallest absolute Gasteiger partial charge is 0.409 e. The topological polar surface area (TPSA) is 138 Å². The van der Waals surface area contributed by atoms with Crippen molar-refractivity contribution in [3.63, 3.8) is 0 Å². The normalized spacial score (nSPS) is 20.0. The summed E-state index contributed by atoms with van der Waals surface area (Å²) in [5.41, 5.74) is 8.36. The molecule has 2 fully saturated rings. The van der Waals surface area contributed by atoms with Gasteiger partial charge in [-0.1, -0.05) is 6.92 Å². The van der Waals surface area contributed by atoms with Gasteiger partial charge in [-0.15, -0.1) is 0 Å². The number of amides is 1. The van der Waals surface area contributed by atoms with Crippen molar-refractivity contribution < 1.29 is 23.8 Å². The quantitative estimate of drug-likeness (QED) is 0.357. The van der Waals surface area contributed by atoms with E-state index >= 15 is 0 Å². The summed E-state index contributed by atoms with van der Waals surface area (Å²) < 4.78 is 20.0. The van der Waals surface area contributed by atoms with Crippen molar-refractivity contribution in [2.45, 2.75) is 58.5 Å². The van der Waals surface area contributed by atoms with Gasteiger partial charge in [0.2, 0.25) is 0 Å². The second-order valence-electron chi connectivity index (χ2n) is 9.82. The fraction of sp³-hybridized carbons (Fsp3) is 0.640. The van der Waals surface area contributed by atoms with Crippen LogP contribution < -0.4 is 16.5 Å². The van der Waals surface area contributed by atoms with E-state index in [0.29, 0.717) is 48.9 Å². The van der Waals surface area contributed by atoms with Gasteiger partial charge in [0, 0.05) is 34.1 Å². The molecule has 1 amide bonds. The third-order valence-corrected chi connectivity index (χ3v) is 6.16. The standard InChI is InChI=1S/C23H37FN6O2.C2H4O2/c1-5-17-19(30-12-6-11-23(2,24)15-30)10-9-18(27-17)21(25)20(29(4)26)14-32-22(31)28(3)13-16-7-8-16;1-2(3)4/h9-10,16H,5-8,11-15,25-26H2,1-4H3;1H3,(H,3,4)/b21-20-;. The minimum Gasteiger partial charge on any atom is -0.481 e. The summed E-state index contributed by atoms with van der Waals surface area (Å²) in [5, 5.41) is 8.77. The van der Waals surface area contributed by atoms with E-state index in [-0.39, 0.29) is 6.61 Å². The Kier molecular flexibility index (Phi) is 10.3. The molecule has 1 aromatic heterocycles. The number of likely N-dealkylation sites (N-methyl/N-ethyl adjacent to an activating group) is 1. The van der Waals surface area contributed by atoms with Crippen LogP contribution in [0.4, 0.5) is 14.9 Å². The number of alkyl halides is 1. The highest BCUT2D eigenvalue weighted by Crippen LogP contribution is 2.31. The van der Waals surface area contributed by atoms with E-state index in [1.54, 1.807) is 25.9 Å². The first kappa shape index (κ1) is 29.2. The maximum Gasteiger partial charge on any atom is 0.409 e. The van der Waals surface area contributed by atoms with Crippen LogP contribution in [0.3, 0.4) is 0 Å². The van der Waals surface area contributed by atoms with E-state index in [9.17, 15) is 9.18 Å². The van der Waals surface area contributed by atoms with E-state index in [1.165, 1.54) is 5.01 Å². The van der Waals surface area contributed by atoms with Gasteiger partial charge in [-0.2, -0.15) is 0 Å². The van der Waals surface area contributed by atoms with Gasteiger partial charge in [0.1, 0.15) is 12.3 Å². The van der Waals surface area contributed by atoms with Crippen LogP contribution in [0.2, 0.25) is 0 Å². The number of rotatable bonds is 8. The number of piperidine rings is 1. The Morgan fingerprint density at radius 2 is 1.97 bits per heavy atom. The maximum absolute atomic E-state index is 14.6. The van der Waals surface area contributed by atoms with Crippen LogP contribution in [0.5, 0.6) is 0 Å². The molecule has 2 heterocycles. The lowest BCUT2D eigenvalue weighted by molar-refractivity contribution is -0.134. The summed E-state index contributed by atoms with van der Waals surface area (Å²) in [6, 6.07) is 3.76. The number of carboxylic acids is 1. The molecule has 10 nitrogen and oxygen atoms in total. The zero-order valence-electron chi connectivity index (χ0n) is 22.1. The fourth-order valence-corrected chi connectivity index (χ4v) is 4.11. The first-order valence-electron chi connectivity index (χ1n) is 12.3. The Bertz CT molecular complexity index is 944. The molecular formula is C25H41FN6O4. The van der Waals surface area contributed by atoms with Crippen molar-refractivity contribution in [1.29, 1.82) is 0 Å². The molecule has 11 heteroatoms. The molecule has 0 radical (unpaired) electrons. The maximum atomic E-state index is 14.6. The van der Waals surface area contributed by atoms with Crippen molar-refractivity contribution in [2.75, 3.05) is 45.2 Å². The minimum atomic E-state index is -1.20. The van der Waals surface area contributed by atoms with Gasteiger partial charge in [-0.3, -0.25) is 4.79 Å². The average Bonchev–Trinajstić information content (AvgIpc) is 3.61. The lowest BCUT2D eigenvalue weighted by Gasteiger charge is -2.37. The monoisotopic (exact) mass is 508 g/mol. The molecule has 5 N–H and O–H groups in total. The fourth-order valence-electron chi connectivity index (χ4n) is 4.11. The number of nitrogens with zero attached hydrogens (tertiary/aromatic N) is 4. The molecule has 1 aromatic rings. The molecule has 1 unspecified atom stereocenters. The number of hydrogen-bond donors (Lipinski definition) is 3. The van der Waals surface area contributed by atoms with Crippen molar-refractivity contribution in [1.82, 2.24) is 14.9 Å². The molecule has 3 rings (SSSR count). The number of ether oxygens (including phenoxy) is 1. The van der Waals surface area contributed by atoms with Crippen molar-refractivity contribution in [2.24, 2.45) is 17.5 Å². The zero-order chi connectivity index (χ0) is 27.0. The number of pyridine rings is 1. The van der Waals surface area contributed by atoms with Crippen molar-refractivity contribution in [3.8, 4) is 0 Å². The largest absolute Gasteiger partial charge is 0.481 e. The molecule has 36 heavy (non-hydrogen) atoms. The number of carbonyl (C=O) groups excluding carboxylic acids is 1. The Balaban J connectivity index is 0.00000106. The molecule has 0 aromatic carbocycles. The van der Waals surface area contributed by atoms with E-state index in [1.807, 2.05) is 19.1 Å². The lowest BCUT2D eigenvalue weighted by Crippen LogP contribution is -2.44. The van der Waals surface area contributed by atoms with Crippen LogP contribution in [0.1, 0.15) is 57.8 Å². The molecule has 0 spiro atoms. The number of carboxylic acid groups (broad SMARTS) is 1. The Hall–Kier alpha value is -3.08. The number of aliphatic carboxylic acids is 1. The average molecular weight is 509 g/mol. The van der Waals surface area contributed by atoms with Crippen LogP contribution in [-0.4, -0.2) is 78.1 Å². The Morgan fingerprint density at radius 1 is 1.33 bits per heavy atom. The van der Waals surface area contributed by atoms with Gasteiger partial charge in [0.15, 0.2) is 0 Å². The molecule has 0 bridgehead atoms. The second-order valence-corrected chi connectivity index (χ2v) is 9.82. The summed E-state index contributed by atoms with van der Waals surface area (Å²) >= 11 is 0. The number of aryl methyl sites for hydroxylation is 1. The van der Waals surface area contributed by atoms with Crippen molar-refractivity contribution in [3.05, 3.63) is 29.2 Å².